The standard InChI is InChI=1S/C26H23NO/c1-18(2)26(21-12-14-27-15-13-21)20-6-4-19(5-7-20)22-8-9-24-17-25(28-3)11-10-23(24)16-22/h4-17H,1-3H3. The molecule has 0 saturated carbocycles. The Balaban J connectivity index is 1.70. The first-order chi connectivity index (χ1) is 13.7. The number of hydrogen-bond acceptors (Lipinski definition) is 2. The molecule has 0 N–H and O–H groups in total. The highest BCUT2D eigenvalue weighted by Gasteiger charge is 2.08. The van der Waals surface area contributed by atoms with Gasteiger partial charge in [0, 0.05) is 12.4 Å². The van der Waals surface area contributed by atoms with Crippen molar-refractivity contribution in [2.45, 2.75) is 13.8 Å². The highest BCUT2D eigenvalue weighted by atomic mass is 16.5. The van der Waals surface area contributed by atoms with Crippen molar-refractivity contribution in [3.63, 3.8) is 0 Å². The van der Waals surface area contributed by atoms with Crippen LogP contribution in [0.4, 0.5) is 0 Å². The van der Waals surface area contributed by atoms with Crippen molar-refractivity contribution >= 4 is 16.3 Å². The zero-order valence-electron chi connectivity index (χ0n) is 16.4. The minimum atomic E-state index is 0.884. The van der Waals surface area contributed by atoms with Gasteiger partial charge in [0.15, 0.2) is 0 Å². The van der Waals surface area contributed by atoms with E-state index in [1.807, 2.05) is 18.5 Å². The predicted molar refractivity (Wildman–Crippen MR) is 118 cm³/mol. The van der Waals surface area contributed by atoms with Gasteiger partial charge in [0.1, 0.15) is 5.75 Å². The third kappa shape index (κ3) is 3.54. The molecule has 2 nitrogen and oxygen atoms in total. The summed E-state index contributed by atoms with van der Waals surface area (Å²) < 4.78 is 5.32. The van der Waals surface area contributed by atoms with Crippen LogP contribution in [0.25, 0.3) is 27.5 Å². The van der Waals surface area contributed by atoms with E-state index in [4.69, 9.17) is 4.74 Å². The summed E-state index contributed by atoms with van der Waals surface area (Å²) in [5.74, 6) is 0.884. The van der Waals surface area contributed by atoms with E-state index in [0.717, 1.165) is 5.75 Å². The first-order valence-electron chi connectivity index (χ1n) is 9.42. The van der Waals surface area contributed by atoms with Crippen LogP contribution in [0.2, 0.25) is 0 Å². The van der Waals surface area contributed by atoms with Crippen LogP contribution in [0.1, 0.15) is 25.0 Å². The highest BCUT2D eigenvalue weighted by Crippen LogP contribution is 2.30. The second-order valence-electron chi connectivity index (χ2n) is 7.12. The number of nitrogens with zero attached hydrogens (tertiary/aromatic N) is 1. The van der Waals surface area contributed by atoms with Gasteiger partial charge in [-0.2, -0.15) is 0 Å². The van der Waals surface area contributed by atoms with E-state index in [9.17, 15) is 0 Å². The second kappa shape index (κ2) is 7.69. The third-order valence-electron chi connectivity index (χ3n) is 5.02. The Bertz CT molecular complexity index is 1140. The van der Waals surface area contributed by atoms with Crippen molar-refractivity contribution in [1.29, 1.82) is 0 Å². The number of methoxy groups -OCH3 is 1. The Morgan fingerprint density at radius 2 is 1.29 bits per heavy atom. The van der Waals surface area contributed by atoms with E-state index in [1.165, 1.54) is 44.2 Å². The number of aromatic nitrogens is 1. The molecule has 2 heteroatoms. The average molecular weight is 365 g/mol. The van der Waals surface area contributed by atoms with E-state index in [0.29, 0.717) is 0 Å². The van der Waals surface area contributed by atoms with Gasteiger partial charge in [0.2, 0.25) is 0 Å². The number of allylic oxidation sites excluding steroid dienone is 1. The Morgan fingerprint density at radius 3 is 1.96 bits per heavy atom. The van der Waals surface area contributed by atoms with Crippen LogP contribution in [0, 0.1) is 0 Å². The summed E-state index contributed by atoms with van der Waals surface area (Å²) >= 11 is 0. The number of rotatable bonds is 4. The molecule has 0 saturated heterocycles. The second-order valence-corrected chi connectivity index (χ2v) is 7.12. The summed E-state index contributed by atoms with van der Waals surface area (Å²) in [5.41, 5.74) is 7.40. The van der Waals surface area contributed by atoms with Crippen molar-refractivity contribution in [1.82, 2.24) is 4.98 Å². The molecule has 0 aliphatic carbocycles. The van der Waals surface area contributed by atoms with Crippen LogP contribution in [-0.2, 0) is 0 Å². The molecule has 0 aliphatic heterocycles. The van der Waals surface area contributed by atoms with E-state index in [1.54, 1.807) is 7.11 Å². The quantitative estimate of drug-likeness (QED) is 0.399. The minimum absolute atomic E-state index is 0.884. The summed E-state index contributed by atoms with van der Waals surface area (Å²) in [4.78, 5) is 4.14. The molecule has 0 radical (unpaired) electrons. The molecule has 0 spiro atoms. The Hall–Kier alpha value is -3.39. The zero-order valence-corrected chi connectivity index (χ0v) is 16.4. The molecular weight excluding hydrogens is 342 g/mol. The van der Waals surface area contributed by atoms with E-state index >= 15 is 0 Å². The number of hydrogen-bond donors (Lipinski definition) is 0. The maximum atomic E-state index is 5.32. The first kappa shape index (κ1) is 18.0. The van der Waals surface area contributed by atoms with Crippen LogP contribution in [0.15, 0.2) is 90.8 Å². The summed E-state index contributed by atoms with van der Waals surface area (Å²) in [6, 6.07) is 25.7. The number of benzene rings is 3. The van der Waals surface area contributed by atoms with Gasteiger partial charge < -0.3 is 4.74 Å². The van der Waals surface area contributed by atoms with Crippen molar-refractivity contribution in [3.05, 3.63) is 102 Å². The Kier molecular flexibility index (Phi) is 4.94. The van der Waals surface area contributed by atoms with Crippen molar-refractivity contribution < 1.29 is 4.74 Å². The SMILES string of the molecule is COc1ccc2cc(-c3ccc(C(=C(C)C)c4ccncc4)cc3)ccc2c1. The van der Waals surface area contributed by atoms with Gasteiger partial charge in [-0.3, -0.25) is 4.98 Å². The summed E-state index contributed by atoms with van der Waals surface area (Å²) in [6.45, 7) is 4.31. The van der Waals surface area contributed by atoms with Crippen LogP contribution in [0.5, 0.6) is 5.75 Å². The lowest BCUT2D eigenvalue weighted by atomic mass is 9.93. The molecule has 1 heterocycles. The zero-order chi connectivity index (χ0) is 19.5. The maximum Gasteiger partial charge on any atom is 0.119 e. The van der Waals surface area contributed by atoms with E-state index in [2.05, 4.69) is 85.6 Å². The molecule has 0 amide bonds. The van der Waals surface area contributed by atoms with Gasteiger partial charge in [-0.05, 0) is 82.8 Å². The van der Waals surface area contributed by atoms with Gasteiger partial charge in [-0.15, -0.1) is 0 Å². The van der Waals surface area contributed by atoms with Crippen molar-refractivity contribution in [2.24, 2.45) is 0 Å². The van der Waals surface area contributed by atoms with Gasteiger partial charge >= 0.3 is 0 Å². The van der Waals surface area contributed by atoms with Gasteiger partial charge in [0.05, 0.1) is 7.11 Å². The molecular formula is C26H23NO. The van der Waals surface area contributed by atoms with E-state index in [-0.39, 0.29) is 0 Å². The van der Waals surface area contributed by atoms with Crippen molar-refractivity contribution in [3.8, 4) is 16.9 Å². The fraction of sp³-hybridized carbons (Fsp3) is 0.115. The number of ether oxygens (including phenoxy) is 1. The van der Waals surface area contributed by atoms with Crippen molar-refractivity contribution in [2.75, 3.05) is 7.11 Å². The summed E-state index contributed by atoms with van der Waals surface area (Å²) in [6.07, 6.45) is 3.69. The van der Waals surface area contributed by atoms with E-state index < -0.39 is 0 Å². The normalized spacial score (nSPS) is 10.7. The molecule has 0 fully saturated rings. The molecule has 0 aliphatic rings. The smallest absolute Gasteiger partial charge is 0.119 e. The maximum absolute atomic E-state index is 5.32. The minimum Gasteiger partial charge on any atom is -0.497 e. The predicted octanol–water partition coefficient (Wildman–Crippen LogP) is 6.75. The lowest BCUT2D eigenvalue weighted by Crippen LogP contribution is -1.91. The van der Waals surface area contributed by atoms with Crippen LogP contribution in [0.3, 0.4) is 0 Å². The fourth-order valence-corrected chi connectivity index (χ4v) is 3.62. The monoisotopic (exact) mass is 365 g/mol. The van der Waals surface area contributed by atoms with Gasteiger partial charge in [0.25, 0.3) is 0 Å². The average Bonchev–Trinajstić information content (AvgIpc) is 2.74. The topological polar surface area (TPSA) is 22.1 Å². The van der Waals surface area contributed by atoms with Crippen LogP contribution >= 0.6 is 0 Å². The number of pyridine rings is 1. The number of fused-ring (bicyclic) bond motifs is 1. The Labute approximate surface area is 166 Å². The molecule has 1 aromatic heterocycles. The fourth-order valence-electron chi connectivity index (χ4n) is 3.62. The van der Waals surface area contributed by atoms with Crippen LogP contribution < -0.4 is 4.74 Å². The molecule has 4 aromatic rings. The molecule has 0 atom stereocenters. The molecule has 4 rings (SSSR count). The lowest BCUT2D eigenvalue weighted by Gasteiger charge is -2.12. The highest BCUT2D eigenvalue weighted by molar-refractivity contribution is 5.89. The Morgan fingerprint density at radius 1 is 0.679 bits per heavy atom. The third-order valence-corrected chi connectivity index (χ3v) is 5.02. The molecule has 0 unspecified atom stereocenters. The van der Waals surface area contributed by atoms with Gasteiger partial charge in [-0.25, -0.2) is 0 Å². The largest absolute Gasteiger partial charge is 0.497 e. The van der Waals surface area contributed by atoms with Crippen LogP contribution in [-0.4, -0.2) is 12.1 Å². The molecule has 28 heavy (non-hydrogen) atoms. The first-order valence-corrected chi connectivity index (χ1v) is 9.42. The van der Waals surface area contributed by atoms with Gasteiger partial charge in [-0.1, -0.05) is 48.0 Å². The molecule has 3 aromatic carbocycles. The molecule has 0 bridgehead atoms. The molecule has 138 valence electrons. The lowest BCUT2D eigenvalue weighted by molar-refractivity contribution is 0.415. The summed E-state index contributed by atoms with van der Waals surface area (Å²) in [5, 5.41) is 2.40. The summed E-state index contributed by atoms with van der Waals surface area (Å²) in [7, 11) is 1.70.